The van der Waals surface area contributed by atoms with E-state index in [9.17, 15) is 43.2 Å². The average molecular weight is 288 g/mol. The molecule has 0 atom stereocenters. The molecule has 0 radical (unpaired) electrons. The van der Waals surface area contributed by atoms with Crippen LogP contribution in [0.1, 0.15) is 0 Å². The van der Waals surface area contributed by atoms with Crippen LogP contribution in [0, 0.1) is 0 Å². The SMILES string of the molecule is O=S(=O)(CS(=O)(=O)C(F)(F)F)C(F)(F)F.[LiH]. The van der Waals surface area contributed by atoms with E-state index in [0.29, 0.717) is 0 Å². The summed E-state index contributed by atoms with van der Waals surface area (Å²) in [5.74, 6) is 0. The fourth-order valence-corrected chi connectivity index (χ4v) is 3.04. The molecule has 94 valence electrons. The first-order valence-electron chi connectivity index (χ1n) is 2.79. The van der Waals surface area contributed by atoms with Crippen LogP contribution in [0.4, 0.5) is 26.3 Å². The molecule has 0 N–H and O–H groups in total. The van der Waals surface area contributed by atoms with Gasteiger partial charge >= 0.3 is 29.9 Å². The van der Waals surface area contributed by atoms with Crippen LogP contribution in [-0.2, 0) is 19.7 Å². The Bertz CT molecular complexity index is 387. The van der Waals surface area contributed by atoms with Gasteiger partial charge in [0.25, 0.3) is 19.7 Å². The summed E-state index contributed by atoms with van der Waals surface area (Å²) in [6.45, 7) is 0. The Balaban J connectivity index is 0. The van der Waals surface area contributed by atoms with Crippen LogP contribution >= 0.6 is 0 Å². The second-order valence-electron chi connectivity index (χ2n) is 2.24. The van der Waals surface area contributed by atoms with Gasteiger partial charge in [-0.2, -0.15) is 26.3 Å². The van der Waals surface area contributed by atoms with Crippen molar-refractivity contribution < 1.29 is 43.2 Å². The third kappa shape index (κ3) is 4.15. The van der Waals surface area contributed by atoms with Crippen molar-refractivity contribution in [2.45, 2.75) is 11.0 Å². The van der Waals surface area contributed by atoms with E-state index in [0.717, 1.165) is 0 Å². The first-order valence-corrected chi connectivity index (χ1v) is 6.09. The Kier molecular flexibility index (Phi) is 5.48. The summed E-state index contributed by atoms with van der Waals surface area (Å²) in [7, 11) is -12.7. The van der Waals surface area contributed by atoms with Gasteiger partial charge in [0.1, 0.15) is 0 Å². The Morgan fingerprint density at radius 1 is 0.688 bits per heavy atom. The topological polar surface area (TPSA) is 68.3 Å². The van der Waals surface area contributed by atoms with Crippen molar-refractivity contribution in [1.82, 2.24) is 0 Å². The minimum atomic E-state index is -6.35. The van der Waals surface area contributed by atoms with Crippen molar-refractivity contribution >= 4 is 38.5 Å². The van der Waals surface area contributed by atoms with Gasteiger partial charge in [-0.1, -0.05) is 0 Å². The molecule has 0 bridgehead atoms. The van der Waals surface area contributed by atoms with Crippen molar-refractivity contribution in [3.8, 4) is 0 Å². The van der Waals surface area contributed by atoms with Gasteiger partial charge < -0.3 is 0 Å². The van der Waals surface area contributed by atoms with E-state index in [-0.39, 0.29) is 18.9 Å². The third-order valence-electron chi connectivity index (χ3n) is 1.02. The number of hydrogen-bond acceptors (Lipinski definition) is 4. The standard InChI is InChI=1S/C3H2F6O4S2.Li.H/c4-2(5,6)14(10,11)1-15(12,13)3(7,8)9;;/h1H2;;. The van der Waals surface area contributed by atoms with Gasteiger partial charge in [-0.15, -0.1) is 0 Å². The predicted octanol–water partition coefficient (Wildman–Crippen LogP) is 0.165. The first-order chi connectivity index (χ1) is 6.21. The van der Waals surface area contributed by atoms with Crippen LogP contribution in [0.15, 0.2) is 0 Å². The predicted molar refractivity (Wildman–Crippen MR) is 42.0 cm³/mol. The molecule has 0 unspecified atom stereocenters. The first kappa shape index (κ1) is 18.4. The van der Waals surface area contributed by atoms with E-state index in [1.54, 1.807) is 0 Å². The van der Waals surface area contributed by atoms with Crippen molar-refractivity contribution in [3.63, 3.8) is 0 Å². The van der Waals surface area contributed by atoms with Gasteiger partial charge in [-0.25, -0.2) is 16.8 Å². The summed E-state index contributed by atoms with van der Waals surface area (Å²) < 4.78 is 110. The van der Waals surface area contributed by atoms with Crippen molar-refractivity contribution in [2.24, 2.45) is 0 Å². The fraction of sp³-hybridized carbons (Fsp3) is 1.00. The van der Waals surface area contributed by atoms with Crippen LogP contribution in [0.5, 0.6) is 0 Å². The summed E-state index contributed by atoms with van der Waals surface area (Å²) in [4.78, 5) is 0. The number of alkyl halides is 6. The van der Waals surface area contributed by atoms with E-state index in [2.05, 4.69) is 0 Å². The maximum atomic E-state index is 11.5. The Hall–Kier alpha value is 0.0774. The van der Waals surface area contributed by atoms with Crippen LogP contribution < -0.4 is 0 Å². The molecule has 16 heavy (non-hydrogen) atoms. The molecule has 0 aromatic heterocycles. The van der Waals surface area contributed by atoms with Gasteiger partial charge in [-0.3, -0.25) is 0 Å². The maximum absolute atomic E-state index is 11.5. The van der Waals surface area contributed by atoms with E-state index in [1.165, 1.54) is 0 Å². The summed E-state index contributed by atoms with van der Waals surface area (Å²) >= 11 is 0. The number of halogens is 6. The molecule has 0 aliphatic carbocycles. The molecule has 0 heterocycles. The second-order valence-corrected chi connectivity index (χ2v) is 6.57. The minimum absolute atomic E-state index is 0. The molecular weight excluding hydrogens is 285 g/mol. The van der Waals surface area contributed by atoms with Crippen LogP contribution in [0.3, 0.4) is 0 Å². The van der Waals surface area contributed by atoms with Gasteiger partial charge in [0.05, 0.1) is 0 Å². The molecule has 0 saturated carbocycles. The van der Waals surface area contributed by atoms with Crippen molar-refractivity contribution in [2.75, 3.05) is 5.08 Å². The van der Waals surface area contributed by atoms with Gasteiger partial charge in [0, 0.05) is 0 Å². The molecule has 13 heteroatoms. The van der Waals surface area contributed by atoms with Crippen LogP contribution in [0.2, 0.25) is 0 Å². The second kappa shape index (κ2) is 4.75. The number of rotatable bonds is 2. The Labute approximate surface area is 98.0 Å². The van der Waals surface area contributed by atoms with Crippen LogP contribution in [0.25, 0.3) is 0 Å². The molecule has 0 aliphatic heterocycles. The van der Waals surface area contributed by atoms with E-state index in [4.69, 9.17) is 0 Å². The zero-order valence-electron chi connectivity index (χ0n) is 6.42. The molecule has 0 saturated heterocycles. The van der Waals surface area contributed by atoms with E-state index >= 15 is 0 Å². The van der Waals surface area contributed by atoms with E-state index < -0.39 is 35.8 Å². The zero-order valence-corrected chi connectivity index (χ0v) is 8.06. The average Bonchev–Trinajstić information content (AvgIpc) is 1.77. The van der Waals surface area contributed by atoms with Gasteiger partial charge in [0.15, 0.2) is 5.08 Å². The quantitative estimate of drug-likeness (QED) is 0.536. The normalized spacial score (nSPS) is 14.4. The molecule has 4 nitrogen and oxygen atoms in total. The van der Waals surface area contributed by atoms with Crippen LogP contribution in [-0.4, -0.2) is 51.8 Å². The van der Waals surface area contributed by atoms with Gasteiger partial charge in [-0.05, 0) is 0 Å². The summed E-state index contributed by atoms with van der Waals surface area (Å²) in [5.41, 5.74) is -12.1. The molecule has 0 aliphatic rings. The number of sulfone groups is 2. The third-order valence-corrected chi connectivity index (χ3v) is 4.91. The molecule has 0 rings (SSSR count). The fourth-order valence-electron chi connectivity index (χ4n) is 0.338. The monoisotopic (exact) mass is 288 g/mol. The molecule has 0 spiro atoms. The van der Waals surface area contributed by atoms with Crippen molar-refractivity contribution in [3.05, 3.63) is 0 Å². The molecular formula is C3H3F6LiO4S2. The molecule has 0 amide bonds. The molecule has 0 aromatic rings. The Morgan fingerprint density at radius 3 is 1.00 bits per heavy atom. The summed E-state index contributed by atoms with van der Waals surface area (Å²) in [6.07, 6.45) is 0. The van der Waals surface area contributed by atoms with E-state index in [1.807, 2.05) is 0 Å². The Morgan fingerprint density at radius 2 is 0.875 bits per heavy atom. The molecule has 0 fully saturated rings. The zero-order chi connectivity index (χ0) is 12.7. The summed E-state index contributed by atoms with van der Waals surface area (Å²) in [5, 5.41) is -3.03. The molecule has 0 aromatic carbocycles. The number of hydrogen-bond donors (Lipinski definition) is 0. The van der Waals surface area contributed by atoms with Crippen molar-refractivity contribution in [1.29, 1.82) is 0 Å². The summed E-state index contributed by atoms with van der Waals surface area (Å²) in [6, 6.07) is 0. The van der Waals surface area contributed by atoms with Gasteiger partial charge in [0.2, 0.25) is 0 Å².